The quantitative estimate of drug-likeness (QED) is 0.866. The molecule has 0 bridgehead atoms. The van der Waals surface area contributed by atoms with Crippen molar-refractivity contribution in [2.45, 2.75) is 6.92 Å². The molecule has 3 nitrogen and oxygen atoms in total. The average Bonchev–Trinajstić information content (AvgIpc) is 2.66. The lowest BCUT2D eigenvalue weighted by Crippen LogP contribution is -1.93. The lowest BCUT2D eigenvalue weighted by Gasteiger charge is -2.06. The molecular formula is C11H11NO2S. The molecule has 78 valence electrons. The van der Waals surface area contributed by atoms with E-state index < -0.39 is 0 Å². The first-order valence-electron chi connectivity index (χ1n) is 4.68. The third kappa shape index (κ3) is 2.10. The Balaban J connectivity index is 2.42. The van der Waals surface area contributed by atoms with Crippen LogP contribution in [0.1, 0.15) is 6.92 Å². The molecule has 0 unspecified atom stereocenters. The number of aromatic hydroxyl groups is 1. The van der Waals surface area contributed by atoms with E-state index in [4.69, 9.17) is 4.74 Å². The molecule has 1 aromatic carbocycles. The van der Waals surface area contributed by atoms with E-state index in [-0.39, 0.29) is 5.88 Å². The van der Waals surface area contributed by atoms with E-state index in [1.54, 1.807) is 5.38 Å². The maximum Gasteiger partial charge on any atom is 0.222 e. The van der Waals surface area contributed by atoms with Gasteiger partial charge in [-0.15, -0.1) is 11.3 Å². The molecule has 4 heteroatoms. The summed E-state index contributed by atoms with van der Waals surface area (Å²) in [5, 5.41) is 11.6. The maximum absolute atomic E-state index is 9.19. The van der Waals surface area contributed by atoms with E-state index in [9.17, 15) is 5.11 Å². The molecule has 0 atom stereocenters. The molecule has 2 aromatic rings. The summed E-state index contributed by atoms with van der Waals surface area (Å²) < 4.78 is 5.49. The van der Waals surface area contributed by atoms with Crippen molar-refractivity contribution in [2.24, 2.45) is 0 Å². The average molecular weight is 221 g/mol. The number of para-hydroxylation sites is 1. The summed E-state index contributed by atoms with van der Waals surface area (Å²) in [6, 6.07) is 7.68. The Morgan fingerprint density at radius 1 is 1.40 bits per heavy atom. The predicted molar refractivity (Wildman–Crippen MR) is 60.4 cm³/mol. The molecule has 0 saturated heterocycles. The van der Waals surface area contributed by atoms with E-state index in [1.807, 2.05) is 31.2 Å². The van der Waals surface area contributed by atoms with Gasteiger partial charge in [0.1, 0.15) is 10.8 Å². The Kier molecular flexibility index (Phi) is 2.87. The van der Waals surface area contributed by atoms with Crippen molar-refractivity contribution in [1.29, 1.82) is 0 Å². The van der Waals surface area contributed by atoms with Gasteiger partial charge >= 0.3 is 0 Å². The summed E-state index contributed by atoms with van der Waals surface area (Å²) in [5.41, 5.74) is 0.921. The van der Waals surface area contributed by atoms with Gasteiger partial charge < -0.3 is 9.84 Å². The number of aromatic nitrogens is 1. The number of thiazole rings is 1. The van der Waals surface area contributed by atoms with Crippen molar-refractivity contribution in [3.63, 3.8) is 0 Å². The Morgan fingerprint density at radius 2 is 2.20 bits per heavy atom. The third-order valence-corrected chi connectivity index (χ3v) is 2.77. The van der Waals surface area contributed by atoms with Crippen LogP contribution in [0.5, 0.6) is 11.6 Å². The zero-order valence-corrected chi connectivity index (χ0v) is 9.12. The van der Waals surface area contributed by atoms with Gasteiger partial charge in [0.15, 0.2) is 0 Å². The van der Waals surface area contributed by atoms with E-state index in [0.29, 0.717) is 6.61 Å². The molecule has 1 N–H and O–H groups in total. The minimum atomic E-state index is 0.0568. The first kappa shape index (κ1) is 9.98. The predicted octanol–water partition coefficient (Wildman–Crippen LogP) is 2.91. The minimum Gasteiger partial charge on any atom is -0.493 e. The van der Waals surface area contributed by atoms with Crippen LogP contribution >= 0.6 is 11.3 Å². The van der Waals surface area contributed by atoms with E-state index >= 15 is 0 Å². The molecular weight excluding hydrogens is 210 g/mol. The van der Waals surface area contributed by atoms with Crippen molar-refractivity contribution < 1.29 is 9.84 Å². The molecule has 1 heterocycles. The van der Waals surface area contributed by atoms with E-state index in [1.165, 1.54) is 11.3 Å². The highest BCUT2D eigenvalue weighted by Gasteiger charge is 2.09. The number of rotatable bonds is 3. The van der Waals surface area contributed by atoms with Crippen LogP contribution in [-0.4, -0.2) is 16.7 Å². The molecule has 0 saturated carbocycles. The summed E-state index contributed by atoms with van der Waals surface area (Å²) >= 11 is 1.40. The summed E-state index contributed by atoms with van der Waals surface area (Å²) in [6.45, 7) is 2.56. The molecule has 0 aliphatic carbocycles. The molecule has 0 spiro atoms. The number of hydrogen-bond donors (Lipinski definition) is 1. The highest BCUT2D eigenvalue weighted by atomic mass is 32.1. The lowest BCUT2D eigenvalue weighted by molar-refractivity contribution is 0.341. The van der Waals surface area contributed by atoms with E-state index in [0.717, 1.165) is 16.3 Å². The Bertz CT molecular complexity index is 453. The first-order valence-corrected chi connectivity index (χ1v) is 5.56. The molecule has 0 amide bonds. The van der Waals surface area contributed by atoms with Gasteiger partial charge in [-0.3, -0.25) is 0 Å². The fraction of sp³-hybridized carbons (Fsp3) is 0.182. The van der Waals surface area contributed by atoms with Crippen LogP contribution in [0.4, 0.5) is 0 Å². The van der Waals surface area contributed by atoms with Crippen LogP contribution in [0, 0.1) is 0 Å². The van der Waals surface area contributed by atoms with Crippen molar-refractivity contribution >= 4 is 11.3 Å². The summed E-state index contributed by atoms with van der Waals surface area (Å²) in [5.74, 6) is 0.857. The highest BCUT2D eigenvalue weighted by molar-refractivity contribution is 7.13. The SMILES string of the molecule is CCOc1ccccc1-c1nc(O)cs1. The van der Waals surface area contributed by atoms with Crippen molar-refractivity contribution in [3.8, 4) is 22.2 Å². The Morgan fingerprint density at radius 3 is 2.87 bits per heavy atom. The molecule has 0 fully saturated rings. The van der Waals surface area contributed by atoms with Gasteiger partial charge in [-0.25, -0.2) is 4.98 Å². The molecule has 15 heavy (non-hydrogen) atoms. The summed E-state index contributed by atoms with van der Waals surface area (Å²) in [4.78, 5) is 4.02. The zero-order valence-electron chi connectivity index (χ0n) is 8.30. The number of ether oxygens (including phenoxy) is 1. The van der Waals surface area contributed by atoms with Crippen molar-refractivity contribution in [2.75, 3.05) is 6.61 Å². The van der Waals surface area contributed by atoms with Crippen LogP contribution < -0.4 is 4.74 Å². The summed E-state index contributed by atoms with van der Waals surface area (Å²) in [6.07, 6.45) is 0. The standard InChI is InChI=1S/C11H11NO2S/c1-2-14-9-6-4-3-5-8(9)11-12-10(13)7-15-11/h3-7,13H,2H2,1H3. The van der Waals surface area contributed by atoms with Gasteiger partial charge in [-0.05, 0) is 19.1 Å². The van der Waals surface area contributed by atoms with Crippen LogP contribution in [0.2, 0.25) is 0 Å². The Hall–Kier alpha value is -1.55. The van der Waals surface area contributed by atoms with Crippen LogP contribution in [0.3, 0.4) is 0 Å². The molecule has 0 aliphatic rings. The Labute approximate surface area is 92.0 Å². The third-order valence-electron chi connectivity index (χ3n) is 1.91. The van der Waals surface area contributed by atoms with Gasteiger partial charge in [-0.1, -0.05) is 12.1 Å². The second kappa shape index (κ2) is 4.31. The van der Waals surface area contributed by atoms with Crippen LogP contribution in [-0.2, 0) is 0 Å². The van der Waals surface area contributed by atoms with Crippen molar-refractivity contribution in [1.82, 2.24) is 4.98 Å². The summed E-state index contributed by atoms with van der Waals surface area (Å²) in [7, 11) is 0. The van der Waals surface area contributed by atoms with Crippen LogP contribution in [0.25, 0.3) is 10.6 Å². The fourth-order valence-electron chi connectivity index (χ4n) is 1.31. The first-order chi connectivity index (χ1) is 7.31. The fourth-order valence-corrected chi connectivity index (χ4v) is 2.03. The number of nitrogens with zero attached hydrogens (tertiary/aromatic N) is 1. The molecule has 0 radical (unpaired) electrons. The normalized spacial score (nSPS) is 10.2. The van der Waals surface area contributed by atoms with Gasteiger partial charge in [0.05, 0.1) is 17.6 Å². The zero-order chi connectivity index (χ0) is 10.7. The minimum absolute atomic E-state index is 0.0568. The van der Waals surface area contributed by atoms with Crippen molar-refractivity contribution in [3.05, 3.63) is 29.6 Å². The smallest absolute Gasteiger partial charge is 0.222 e. The number of benzene rings is 1. The van der Waals surface area contributed by atoms with E-state index in [2.05, 4.69) is 4.98 Å². The van der Waals surface area contributed by atoms with Crippen LogP contribution in [0.15, 0.2) is 29.6 Å². The monoisotopic (exact) mass is 221 g/mol. The highest BCUT2D eigenvalue weighted by Crippen LogP contribution is 2.33. The maximum atomic E-state index is 9.19. The van der Waals surface area contributed by atoms with Gasteiger partial charge in [0.2, 0.25) is 5.88 Å². The molecule has 0 aliphatic heterocycles. The second-order valence-corrected chi connectivity index (χ2v) is 3.80. The second-order valence-electron chi connectivity index (χ2n) is 2.94. The largest absolute Gasteiger partial charge is 0.493 e. The molecule has 1 aromatic heterocycles. The van der Waals surface area contributed by atoms with Gasteiger partial charge in [-0.2, -0.15) is 0 Å². The number of hydrogen-bond acceptors (Lipinski definition) is 4. The lowest BCUT2D eigenvalue weighted by atomic mass is 10.2. The van der Waals surface area contributed by atoms with Gasteiger partial charge in [0.25, 0.3) is 0 Å². The molecule has 2 rings (SSSR count). The topological polar surface area (TPSA) is 42.4 Å². The van der Waals surface area contributed by atoms with Gasteiger partial charge in [0, 0.05) is 0 Å².